The van der Waals surface area contributed by atoms with Crippen molar-refractivity contribution < 1.29 is 19.1 Å². The molecule has 0 aromatic carbocycles. The summed E-state index contributed by atoms with van der Waals surface area (Å²) in [5.41, 5.74) is 2.91. The predicted octanol–water partition coefficient (Wildman–Crippen LogP) is 1.63. The van der Waals surface area contributed by atoms with Crippen LogP contribution in [0.4, 0.5) is 0 Å². The van der Waals surface area contributed by atoms with Gasteiger partial charge in [0.15, 0.2) is 5.78 Å². The van der Waals surface area contributed by atoms with E-state index in [0.29, 0.717) is 38.5 Å². The molecule has 0 spiro atoms. The minimum atomic E-state index is -0.156. The number of amides is 1. The van der Waals surface area contributed by atoms with Gasteiger partial charge < -0.3 is 19.8 Å². The van der Waals surface area contributed by atoms with Crippen LogP contribution < -0.4 is 5.32 Å². The second-order valence-electron chi connectivity index (χ2n) is 5.47. The Morgan fingerprint density at radius 3 is 2.82 bits per heavy atom. The molecule has 0 radical (unpaired) electrons. The molecule has 0 unspecified atom stereocenters. The monoisotopic (exact) mass is 308 g/mol. The normalized spacial score (nSPS) is 14.0. The fourth-order valence-electron chi connectivity index (χ4n) is 2.71. The van der Waals surface area contributed by atoms with Crippen LogP contribution in [0.25, 0.3) is 0 Å². The number of hydrogen-bond donors (Lipinski definition) is 2. The minimum Gasteiger partial charge on any atom is -0.382 e. The largest absolute Gasteiger partial charge is 0.382 e. The Bertz CT molecular complexity index is 536. The van der Waals surface area contributed by atoms with Gasteiger partial charge in [-0.3, -0.25) is 9.59 Å². The van der Waals surface area contributed by atoms with Gasteiger partial charge in [0.2, 0.25) is 0 Å². The molecule has 1 amide bonds. The number of ether oxygens (including phenoxy) is 2. The number of Topliss-reactive ketones (excluding diaryl/α,β-unsaturated/α-hetero) is 1. The maximum Gasteiger partial charge on any atom is 0.268 e. The first-order chi connectivity index (χ1) is 10.6. The Morgan fingerprint density at radius 1 is 1.27 bits per heavy atom. The number of carbonyl (C=O) groups is 2. The molecule has 22 heavy (non-hydrogen) atoms. The van der Waals surface area contributed by atoms with Crippen molar-refractivity contribution in [2.45, 2.75) is 32.6 Å². The molecule has 0 aliphatic heterocycles. The second-order valence-corrected chi connectivity index (χ2v) is 5.47. The van der Waals surface area contributed by atoms with Crippen molar-refractivity contribution in [1.82, 2.24) is 10.3 Å². The van der Waals surface area contributed by atoms with E-state index in [-0.39, 0.29) is 11.7 Å². The van der Waals surface area contributed by atoms with Crippen LogP contribution in [0.2, 0.25) is 0 Å². The van der Waals surface area contributed by atoms with E-state index in [9.17, 15) is 9.59 Å². The van der Waals surface area contributed by atoms with E-state index < -0.39 is 0 Å². The molecule has 0 saturated heterocycles. The standard InChI is InChI=1S/C16H24N2O4/c1-11-14-12(5-3-6-13(14)19)18-15(11)16(20)17-7-4-8-22-10-9-21-2/h18H,3-10H2,1-2H3,(H,17,20). The summed E-state index contributed by atoms with van der Waals surface area (Å²) in [7, 11) is 1.63. The van der Waals surface area contributed by atoms with Crippen LogP contribution in [0.15, 0.2) is 0 Å². The molecule has 0 bridgehead atoms. The van der Waals surface area contributed by atoms with E-state index in [4.69, 9.17) is 9.47 Å². The molecule has 0 fully saturated rings. The smallest absolute Gasteiger partial charge is 0.268 e. The SMILES string of the molecule is COCCOCCCNC(=O)c1[nH]c2c(c1C)C(=O)CCC2. The lowest BCUT2D eigenvalue weighted by Gasteiger charge is -2.09. The number of aromatic amines is 1. The Kier molecular flexibility index (Phi) is 6.15. The third-order valence-electron chi connectivity index (χ3n) is 3.85. The molecule has 0 atom stereocenters. The molecule has 1 aliphatic rings. The fourth-order valence-corrected chi connectivity index (χ4v) is 2.71. The highest BCUT2D eigenvalue weighted by molar-refractivity contribution is 6.04. The number of hydrogen-bond acceptors (Lipinski definition) is 4. The topological polar surface area (TPSA) is 80.4 Å². The van der Waals surface area contributed by atoms with Crippen molar-refractivity contribution in [3.63, 3.8) is 0 Å². The van der Waals surface area contributed by atoms with Gasteiger partial charge in [-0.15, -0.1) is 0 Å². The van der Waals surface area contributed by atoms with Gasteiger partial charge in [-0.2, -0.15) is 0 Å². The highest BCUT2D eigenvalue weighted by Crippen LogP contribution is 2.26. The summed E-state index contributed by atoms with van der Waals surface area (Å²) in [6.45, 7) is 4.11. The highest BCUT2D eigenvalue weighted by Gasteiger charge is 2.25. The van der Waals surface area contributed by atoms with Crippen LogP contribution in [0.3, 0.4) is 0 Å². The van der Waals surface area contributed by atoms with Crippen LogP contribution in [0.5, 0.6) is 0 Å². The Hall–Kier alpha value is -1.66. The van der Waals surface area contributed by atoms with E-state index in [1.54, 1.807) is 7.11 Å². The van der Waals surface area contributed by atoms with Crippen molar-refractivity contribution in [1.29, 1.82) is 0 Å². The Balaban J connectivity index is 1.82. The lowest BCUT2D eigenvalue weighted by atomic mass is 9.94. The number of carbonyl (C=O) groups excluding carboxylic acids is 2. The van der Waals surface area contributed by atoms with E-state index in [1.165, 1.54) is 0 Å². The number of ketones is 1. The Morgan fingerprint density at radius 2 is 2.09 bits per heavy atom. The van der Waals surface area contributed by atoms with Crippen molar-refractivity contribution in [3.8, 4) is 0 Å². The zero-order valence-corrected chi connectivity index (χ0v) is 13.3. The lowest BCUT2D eigenvalue weighted by Crippen LogP contribution is -2.26. The van der Waals surface area contributed by atoms with E-state index in [2.05, 4.69) is 10.3 Å². The third kappa shape index (κ3) is 3.96. The predicted molar refractivity (Wildman–Crippen MR) is 82.4 cm³/mol. The number of methoxy groups -OCH3 is 1. The van der Waals surface area contributed by atoms with Crippen molar-refractivity contribution in [2.75, 3.05) is 33.5 Å². The van der Waals surface area contributed by atoms with E-state index >= 15 is 0 Å². The van der Waals surface area contributed by atoms with Gasteiger partial charge in [-0.1, -0.05) is 0 Å². The lowest BCUT2D eigenvalue weighted by molar-refractivity contribution is 0.0688. The molecule has 0 saturated carbocycles. The number of rotatable bonds is 8. The van der Waals surface area contributed by atoms with Crippen molar-refractivity contribution in [2.24, 2.45) is 0 Å². The summed E-state index contributed by atoms with van der Waals surface area (Å²) in [5, 5.41) is 2.86. The van der Waals surface area contributed by atoms with Crippen LogP contribution in [-0.4, -0.2) is 50.1 Å². The summed E-state index contributed by atoms with van der Waals surface area (Å²) >= 11 is 0. The average Bonchev–Trinajstić information content (AvgIpc) is 2.84. The number of H-pyrrole nitrogens is 1. The number of aromatic nitrogens is 1. The number of aryl methyl sites for hydroxylation is 1. The van der Waals surface area contributed by atoms with Gasteiger partial charge >= 0.3 is 0 Å². The molecule has 122 valence electrons. The summed E-state index contributed by atoms with van der Waals surface area (Å²) in [6.07, 6.45) is 3.01. The number of fused-ring (bicyclic) bond motifs is 1. The maximum absolute atomic E-state index is 12.2. The van der Waals surface area contributed by atoms with Gasteiger partial charge in [-0.05, 0) is 31.7 Å². The molecule has 6 nitrogen and oxygen atoms in total. The van der Waals surface area contributed by atoms with Crippen LogP contribution in [0.1, 0.15) is 51.4 Å². The first-order valence-corrected chi connectivity index (χ1v) is 7.74. The van der Waals surface area contributed by atoms with Gasteiger partial charge in [0.05, 0.1) is 13.2 Å². The fraction of sp³-hybridized carbons (Fsp3) is 0.625. The maximum atomic E-state index is 12.2. The average molecular weight is 308 g/mol. The summed E-state index contributed by atoms with van der Waals surface area (Å²) in [5.74, 6) is -0.0165. The van der Waals surface area contributed by atoms with Gasteiger partial charge in [0.25, 0.3) is 5.91 Å². The van der Waals surface area contributed by atoms with Gasteiger partial charge in [0, 0.05) is 37.9 Å². The second kappa shape index (κ2) is 8.10. The molecule has 1 aromatic heterocycles. The van der Waals surface area contributed by atoms with Crippen molar-refractivity contribution >= 4 is 11.7 Å². The van der Waals surface area contributed by atoms with Gasteiger partial charge in [-0.25, -0.2) is 0 Å². The van der Waals surface area contributed by atoms with E-state index in [0.717, 1.165) is 36.1 Å². The number of nitrogens with one attached hydrogen (secondary N) is 2. The van der Waals surface area contributed by atoms with Crippen LogP contribution in [-0.2, 0) is 15.9 Å². The Labute approximate surface area is 130 Å². The molecule has 2 N–H and O–H groups in total. The van der Waals surface area contributed by atoms with Gasteiger partial charge in [0.1, 0.15) is 5.69 Å². The summed E-state index contributed by atoms with van der Waals surface area (Å²) in [4.78, 5) is 27.3. The molecule has 1 heterocycles. The quantitative estimate of drug-likeness (QED) is 0.715. The zero-order valence-electron chi connectivity index (χ0n) is 13.3. The van der Waals surface area contributed by atoms with Crippen molar-refractivity contribution in [3.05, 3.63) is 22.5 Å². The molecule has 6 heteroatoms. The third-order valence-corrected chi connectivity index (χ3v) is 3.85. The first-order valence-electron chi connectivity index (χ1n) is 7.74. The summed E-state index contributed by atoms with van der Waals surface area (Å²) in [6, 6.07) is 0. The highest BCUT2D eigenvalue weighted by atomic mass is 16.5. The van der Waals surface area contributed by atoms with Crippen LogP contribution >= 0.6 is 0 Å². The minimum absolute atomic E-state index is 0.139. The molecular formula is C16H24N2O4. The zero-order chi connectivity index (χ0) is 15.9. The molecule has 1 aromatic rings. The molecule has 1 aliphatic carbocycles. The molecular weight excluding hydrogens is 284 g/mol. The first kappa shape index (κ1) is 16.7. The van der Waals surface area contributed by atoms with E-state index in [1.807, 2.05) is 6.92 Å². The summed E-state index contributed by atoms with van der Waals surface area (Å²) < 4.78 is 10.2. The molecule has 2 rings (SSSR count). The van der Waals surface area contributed by atoms with Crippen LogP contribution in [0, 0.1) is 6.92 Å².